The minimum absolute atomic E-state index is 0.0296. The van der Waals surface area contributed by atoms with Gasteiger partial charge in [-0.3, -0.25) is 13.5 Å². The second-order valence-corrected chi connectivity index (χ2v) is 20.4. The van der Waals surface area contributed by atoms with Crippen molar-refractivity contribution in [2.45, 2.75) is 28.5 Å². The normalized spacial score (nSPS) is 12.3. The van der Waals surface area contributed by atoms with E-state index in [0.717, 1.165) is 28.9 Å². The van der Waals surface area contributed by atoms with Crippen LogP contribution in [-0.2, 0) is 39.0 Å². The molecule has 74 heavy (non-hydrogen) atoms. The molecule has 8 rings (SSSR count). The molecule has 5 aromatic carbocycles. The third kappa shape index (κ3) is 12.4. The van der Waals surface area contributed by atoms with Gasteiger partial charge in [-0.15, -0.1) is 39.4 Å². The van der Waals surface area contributed by atoms with Crippen LogP contribution in [-0.4, -0.2) is 104 Å². The maximum absolute atomic E-state index is 13.2. The standard InChI is InChI=1S/C41H33N11O13S4.CH4O3S/c1-20-15-30(32(51(11-13-53)12-14-54)18-29(20)46-50-41-44-27-9-7-22(67-64-62-57)16-33(27)66-41)47-49-36-34(68-65-63-58)17-24-23(37(36)55)8-10-28(38(24)69(59,60)61)45-48-35-21(2)25(19-42)39-43-26-5-3-4-6-31(26)52(39)40(35)56;1-5(2,3)4/h3-10,15-18,53-58H,11-14H2,1-2H3,(H,59,60,61);1H3,(H,2,3,4). The number of benzene rings is 5. The number of hydrogen-bond acceptors (Lipinski definition) is 27. The van der Waals surface area contributed by atoms with Crippen LogP contribution in [0.5, 0.6) is 11.6 Å². The second kappa shape index (κ2) is 23.5. The van der Waals surface area contributed by atoms with Crippen molar-refractivity contribution in [3.05, 3.63) is 89.5 Å². The van der Waals surface area contributed by atoms with Gasteiger partial charge >= 0.3 is 0 Å². The number of aliphatic hydroxyl groups excluding tert-OH is 2. The molecule has 3 aromatic heterocycles. The average Bonchev–Trinajstić information content (AvgIpc) is 3.95. The number of aromatic hydroxyl groups is 2. The van der Waals surface area contributed by atoms with Gasteiger partial charge in [-0.2, -0.15) is 22.1 Å². The molecule has 0 radical (unpaired) electrons. The summed E-state index contributed by atoms with van der Waals surface area (Å²) in [4.78, 5) is 10.1. The van der Waals surface area contributed by atoms with Crippen LogP contribution in [0.15, 0.2) is 118 Å². The molecule has 0 spiro atoms. The second-order valence-electron chi connectivity index (χ2n) is 15.1. The van der Waals surface area contributed by atoms with Gasteiger partial charge in [-0.25, -0.2) is 20.5 Å². The summed E-state index contributed by atoms with van der Waals surface area (Å²) in [7, 11) is -8.87. The number of hydrogen-bond donors (Lipinski definition) is 8. The highest BCUT2D eigenvalue weighted by Gasteiger charge is 2.27. The Bertz CT molecular complexity index is 3800. The van der Waals surface area contributed by atoms with Crippen molar-refractivity contribution < 1.29 is 75.6 Å². The molecule has 0 aliphatic carbocycles. The quantitative estimate of drug-likeness (QED) is 0.0130. The minimum Gasteiger partial charge on any atom is -0.505 e. The van der Waals surface area contributed by atoms with Crippen molar-refractivity contribution in [3.8, 4) is 17.7 Å². The number of aliphatic hydroxyl groups is 2. The van der Waals surface area contributed by atoms with Gasteiger partial charge in [0.1, 0.15) is 33.6 Å². The zero-order valence-corrected chi connectivity index (χ0v) is 42.1. The van der Waals surface area contributed by atoms with E-state index in [0.29, 0.717) is 49.8 Å². The van der Waals surface area contributed by atoms with Crippen molar-refractivity contribution in [1.82, 2.24) is 14.4 Å². The number of fused-ring (bicyclic) bond motifs is 5. The monoisotopic (exact) mass is 1110 g/mol. The van der Waals surface area contributed by atoms with Crippen LogP contribution in [0.3, 0.4) is 0 Å². The van der Waals surface area contributed by atoms with Gasteiger partial charge in [0.15, 0.2) is 17.1 Å². The maximum atomic E-state index is 13.2. The number of nitrogens with zero attached hydrogens (tertiary/aromatic N) is 11. The molecule has 0 unspecified atom stereocenters. The molecular weight excluding hydrogens is 1070 g/mol. The Kier molecular flexibility index (Phi) is 17.4. The van der Waals surface area contributed by atoms with Crippen LogP contribution in [0.2, 0.25) is 0 Å². The third-order valence-electron chi connectivity index (χ3n) is 10.3. The lowest BCUT2D eigenvalue weighted by Crippen LogP contribution is -2.29. The van der Waals surface area contributed by atoms with Crippen LogP contribution in [0.25, 0.3) is 37.7 Å². The molecule has 32 heteroatoms. The van der Waals surface area contributed by atoms with E-state index in [1.165, 1.54) is 28.7 Å². The first-order valence-electron chi connectivity index (χ1n) is 20.6. The van der Waals surface area contributed by atoms with Crippen LogP contribution in [0.4, 0.5) is 39.3 Å². The Hall–Kier alpha value is -6.91. The van der Waals surface area contributed by atoms with Crippen molar-refractivity contribution >= 4 is 133 Å². The number of phenols is 1. The Balaban J connectivity index is 0.00000153. The number of azo groups is 3. The number of rotatable bonds is 18. The highest BCUT2D eigenvalue weighted by Crippen LogP contribution is 2.49. The Morgan fingerprint density at radius 2 is 1.43 bits per heavy atom. The van der Waals surface area contributed by atoms with E-state index < -0.39 is 42.4 Å². The summed E-state index contributed by atoms with van der Waals surface area (Å²) in [5, 5.41) is 104. The summed E-state index contributed by atoms with van der Waals surface area (Å²) in [6, 6.07) is 20.7. The highest BCUT2D eigenvalue weighted by molar-refractivity contribution is 7.95. The van der Waals surface area contributed by atoms with Gasteiger partial charge in [0.25, 0.3) is 20.2 Å². The molecule has 3 heterocycles. The number of phenolic OH excluding ortho intramolecular Hbond substituents is 1. The first-order valence-corrected chi connectivity index (χ1v) is 26.2. The Morgan fingerprint density at radius 1 is 0.770 bits per heavy atom. The van der Waals surface area contributed by atoms with Gasteiger partial charge in [0.2, 0.25) is 11.0 Å². The van der Waals surface area contributed by atoms with Gasteiger partial charge in [-0.1, -0.05) is 33.5 Å². The molecule has 8 N–H and O–H groups in total. The summed E-state index contributed by atoms with van der Waals surface area (Å²) in [6.07, 6.45) is 0.715. The van der Waals surface area contributed by atoms with Crippen LogP contribution in [0, 0.1) is 25.2 Å². The van der Waals surface area contributed by atoms with Crippen LogP contribution >= 0.6 is 35.4 Å². The minimum atomic E-state index is -5.21. The number of para-hydroxylation sites is 2. The van der Waals surface area contributed by atoms with Gasteiger partial charge in [0.05, 0.1) is 81.1 Å². The highest BCUT2D eigenvalue weighted by atomic mass is 32.2. The summed E-state index contributed by atoms with van der Waals surface area (Å²) in [5.74, 6) is -1.14. The first-order chi connectivity index (χ1) is 35.3. The van der Waals surface area contributed by atoms with Gasteiger partial charge in [-0.05, 0) is 80.1 Å². The number of nitriles is 1. The topological polar surface area (TPSA) is 398 Å². The zero-order valence-electron chi connectivity index (χ0n) is 38.1. The number of thiazole rings is 1. The van der Waals surface area contributed by atoms with Crippen molar-refractivity contribution in [3.63, 3.8) is 0 Å². The summed E-state index contributed by atoms with van der Waals surface area (Å²) in [5.41, 5.74) is 2.27. The molecule has 0 saturated heterocycles. The van der Waals surface area contributed by atoms with E-state index in [9.17, 15) is 47.1 Å². The first kappa shape index (κ1) is 54.9. The number of anilines is 1. The third-order valence-corrected chi connectivity index (χ3v) is 13.3. The van der Waals surface area contributed by atoms with Crippen molar-refractivity contribution in [1.29, 1.82) is 5.26 Å². The summed E-state index contributed by atoms with van der Waals surface area (Å²) in [6.45, 7) is 2.60. The van der Waals surface area contributed by atoms with Gasteiger partial charge in [0, 0.05) is 34.3 Å². The molecule has 27 nitrogen and oxygen atoms in total. The lowest BCUT2D eigenvalue weighted by atomic mass is 10.1. The van der Waals surface area contributed by atoms with E-state index in [2.05, 4.69) is 65.5 Å². The number of aryl methyl sites for hydroxylation is 1. The zero-order chi connectivity index (χ0) is 53.5. The fourth-order valence-electron chi connectivity index (χ4n) is 7.22. The maximum Gasteiger partial charge on any atom is 0.297 e. The van der Waals surface area contributed by atoms with E-state index in [1.54, 1.807) is 66.4 Å². The Morgan fingerprint density at radius 3 is 2.11 bits per heavy atom. The summed E-state index contributed by atoms with van der Waals surface area (Å²) < 4.78 is 74.0. The Labute approximate surface area is 429 Å². The molecule has 0 aliphatic rings. The van der Waals surface area contributed by atoms with Crippen LogP contribution < -0.4 is 4.90 Å². The van der Waals surface area contributed by atoms with E-state index in [1.807, 2.05) is 0 Å². The molecular formula is C42H37N11O16S5. The van der Waals surface area contributed by atoms with E-state index in [-0.39, 0.29) is 87.9 Å². The molecule has 0 saturated carbocycles. The number of pyridine rings is 1. The SMILES string of the molecule is CS(=O)(=O)O.Cc1cc(N=Nc2c(SOOO)cc3c(S(=O)(=O)O)c(N=Nc4c(C)c(C#N)c5nc6ccccc6n5c4O)ccc3c2O)c(N(CCO)CCO)cc1N=Nc1nc2ccc(SOOO)cc2s1. The summed E-state index contributed by atoms with van der Waals surface area (Å²) >= 11 is 2.30. The average molecular weight is 1110 g/mol. The molecule has 0 fully saturated rings. The van der Waals surface area contributed by atoms with Crippen molar-refractivity contribution in [2.24, 2.45) is 30.7 Å². The predicted molar refractivity (Wildman–Crippen MR) is 268 cm³/mol. The van der Waals surface area contributed by atoms with Gasteiger partial charge < -0.3 is 25.3 Å². The fourth-order valence-corrected chi connectivity index (χ4v) is 9.82. The van der Waals surface area contributed by atoms with E-state index in [4.69, 9.17) is 15.1 Å². The van der Waals surface area contributed by atoms with Crippen LogP contribution in [0.1, 0.15) is 16.7 Å². The smallest absolute Gasteiger partial charge is 0.297 e. The lowest BCUT2D eigenvalue weighted by molar-refractivity contribution is -0.432. The number of aromatic nitrogens is 3. The fraction of sp³-hybridized carbons (Fsp3) is 0.167. The molecule has 0 amide bonds. The lowest BCUT2D eigenvalue weighted by Gasteiger charge is -2.25. The predicted octanol–water partition coefficient (Wildman–Crippen LogP) is 9.79. The van der Waals surface area contributed by atoms with Crippen molar-refractivity contribution in [2.75, 3.05) is 37.5 Å². The molecule has 0 aliphatic heterocycles. The molecule has 0 bridgehead atoms. The largest absolute Gasteiger partial charge is 0.505 e. The molecule has 0 atom stereocenters. The molecule has 8 aromatic rings. The number of imidazole rings is 1. The molecule has 386 valence electrons. The van der Waals surface area contributed by atoms with E-state index >= 15 is 0 Å².